The summed E-state index contributed by atoms with van der Waals surface area (Å²) in [6.45, 7) is 9.36. The first-order valence-corrected chi connectivity index (χ1v) is 9.45. The maximum Gasteiger partial charge on any atom is 0.261 e. The second kappa shape index (κ2) is 10.2. The van der Waals surface area contributed by atoms with Crippen molar-refractivity contribution in [3.05, 3.63) is 48.0 Å². The van der Waals surface area contributed by atoms with E-state index >= 15 is 0 Å². The van der Waals surface area contributed by atoms with Crippen molar-refractivity contribution >= 4 is 11.8 Å². The average Bonchev–Trinajstić information content (AvgIpc) is 2.90. The summed E-state index contributed by atoms with van der Waals surface area (Å²) in [4.78, 5) is 26.5. The van der Waals surface area contributed by atoms with Crippen LogP contribution in [0.2, 0.25) is 0 Å². The number of fused-ring (bicyclic) bond motifs is 1. The molecule has 5 heteroatoms. The first-order valence-electron chi connectivity index (χ1n) is 9.45. The lowest BCUT2D eigenvalue weighted by Gasteiger charge is -2.28. The third kappa shape index (κ3) is 4.80. The zero-order valence-corrected chi connectivity index (χ0v) is 15.8. The van der Waals surface area contributed by atoms with E-state index in [1.807, 2.05) is 0 Å². The van der Waals surface area contributed by atoms with Crippen LogP contribution in [0.25, 0.3) is 0 Å². The van der Waals surface area contributed by atoms with E-state index in [9.17, 15) is 9.59 Å². The molecule has 26 heavy (non-hydrogen) atoms. The largest absolute Gasteiger partial charge is 0.373 e. The lowest BCUT2D eigenvalue weighted by molar-refractivity contribution is -0.0599. The predicted molar refractivity (Wildman–Crippen MR) is 101 cm³/mol. The Bertz CT molecular complexity index is 593. The molecule has 2 rings (SSSR count). The molecule has 1 aliphatic heterocycles. The molecule has 1 aliphatic rings. The van der Waals surface area contributed by atoms with Crippen molar-refractivity contribution in [2.45, 2.75) is 51.7 Å². The molecular formula is C21H29NO4. The predicted octanol–water partition coefficient (Wildman–Crippen LogP) is 3.84. The fourth-order valence-electron chi connectivity index (χ4n) is 2.91. The number of benzene rings is 1. The van der Waals surface area contributed by atoms with Gasteiger partial charge in [0.2, 0.25) is 0 Å². The number of ether oxygens (including phenoxy) is 2. The maximum atomic E-state index is 12.6. The Morgan fingerprint density at radius 1 is 1.00 bits per heavy atom. The minimum Gasteiger partial charge on any atom is -0.373 e. The van der Waals surface area contributed by atoms with E-state index in [0.29, 0.717) is 24.3 Å². The molecule has 1 aromatic rings. The van der Waals surface area contributed by atoms with Crippen LogP contribution in [0.4, 0.5) is 0 Å². The molecule has 0 N–H and O–H groups in total. The van der Waals surface area contributed by atoms with Gasteiger partial charge < -0.3 is 9.47 Å². The number of hydrogen-bond acceptors (Lipinski definition) is 4. The summed E-state index contributed by atoms with van der Waals surface area (Å²) in [5, 5.41) is 0. The monoisotopic (exact) mass is 359 g/mol. The highest BCUT2D eigenvalue weighted by Crippen LogP contribution is 2.24. The van der Waals surface area contributed by atoms with Crippen LogP contribution in [0.1, 0.15) is 60.2 Å². The van der Waals surface area contributed by atoms with Crippen molar-refractivity contribution in [1.82, 2.24) is 4.90 Å². The van der Waals surface area contributed by atoms with Crippen LogP contribution in [0.3, 0.4) is 0 Å². The lowest BCUT2D eigenvalue weighted by atomic mass is 10.1. The molecule has 0 spiro atoms. The Kier molecular flexibility index (Phi) is 8.01. The van der Waals surface area contributed by atoms with Gasteiger partial charge in [-0.25, -0.2) is 0 Å². The Labute approximate surface area is 156 Å². The van der Waals surface area contributed by atoms with E-state index < -0.39 is 6.10 Å². The molecule has 1 aromatic carbocycles. The summed E-state index contributed by atoms with van der Waals surface area (Å²) in [5.74, 6) is -0.544. The minimum absolute atomic E-state index is 0.166. The molecule has 0 saturated carbocycles. The fourth-order valence-corrected chi connectivity index (χ4v) is 2.91. The molecule has 5 nitrogen and oxygen atoms in total. The van der Waals surface area contributed by atoms with E-state index in [0.717, 1.165) is 25.7 Å². The van der Waals surface area contributed by atoms with E-state index in [4.69, 9.17) is 9.47 Å². The third-order valence-corrected chi connectivity index (χ3v) is 4.48. The van der Waals surface area contributed by atoms with Gasteiger partial charge in [0.25, 0.3) is 11.8 Å². The van der Waals surface area contributed by atoms with Crippen LogP contribution in [0.15, 0.2) is 36.9 Å². The highest BCUT2D eigenvalue weighted by atomic mass is 16.5. The van der Waals surface area contributed by atoms with Crippen LogP contribution in [0, 0.1) is 0 Å². The van der Waals surface area contributed by atoms with Gasteiger partial charge in [-0.15, -0.1) is 6.58 Å². The molecule has 0 aliphatic carbocycles. The summed E-state index contributed by atoms with van der Waals surface area (Å²) >= 11 is 0. The van der Waals surface area contributed by atoms with Gasteiger partial charge in [-0.05, 0) is 25.0 Å². The van der Waals surface area contributed by atoms with E-state index in [2.05, 4.69) is 20.4 Å². The summed E-state index contributed by atoms with van der Waals surface area (Å²) < 4.78 is 11.9. The molecule has 0 radical (unpaired) electrons. The smallest absolute Gasteiger partial charge is 0.261 e. The van der Waals surface area contributed by atoms with Crippen LogP contribution in [0.5, 0.6) is 0 Å². The molecule has 0 aromatic heterocycles. The molecule has 0 bridgehead atoms. The molecule has 0 fully saturated rings. The van der Waals surface area contributed by atoms with Crippen LogP contribution in [-0.4, -0.2) is 48.7 Å². The molecule has 1 unspecified atom stereocenters. The van der Waals surface area contributed by atoms with Crippen LogP contribution < -0.4 is 0 Å². The highest BCUT2D eigenvalue weighted by Gasteiger charge is 2.38. The average molecular weight is 359 g/mol. The standard InChI is InChI=1S/C21H29NO4/c1-4-7-13-25-18(6-3)19(26-14-8-5-2)15-22-20(23)16-11-9-10-12-17(16)21(22)24/h6,9-12,18-19H,3-5,7-8,13-15H2,1-2H3/t18-,19?/m1/s1. The number of rotatable bonds is 12. The van der Waals surface area contributed by atoms with E-state index in [-0.39, 0.29) is 24.5 Å². The first kappa shape index (κ1) is 20.3. The van der Waals surface area contributed by atoms with Gasteiger partial charge in [0.05, 0.1) is 17.7 Å². The zero-order valence-electron chi connectivity index (χ0n) is 15.8. The van der Waals surface area contributed by atoms with Crippen molar-refractivity contribution in [1.29, 1.82) is 0 Å². The maximum absolute atomic E-state index is 12.6. The van der Waals surface area contributed by atoms with Gasteiger partial charge in [0, 0.05) is 13.2 Å². The van der Waals surface area contributed by atoms with Crippen LogP contribution in [-0.2, 0) is 9.47 Å². The SMILES string of the molecule is C=C[C@@H](OCCCC)C(CN1C(=O)c2ccccc2C1=O)OCCCC. The normalized spacial score (nSPS) is 15.8. The van der Waals surface area contributed by atoms with Crippen LogP contribution >= 0.6 is 0 Å². The summed E-state index contributed by atoms with van der Waals surface area (Å²) in [5.41, 5.74) is 0.902. The Morgan fingerprint density at radius 3 is 2.04 bits per heavy atom. The van der Waals surface area contributed by atoms with Gasteiger partial charge >= 0.3 is 0 Å². The fraction of sp³-hybridized carbons (Fsp3) is 0.524. The molecule has 2 amide bonds. The quantitative estimate of drug-likeness (QED) is 0.323. The molecule has 142 valence electrons. The molecular weight excluding hydrogens is 330 g/mol. The lowest BCUT2D eigenvalue weighted by Crippen LogP contribution is -2.44. The van der Waals surface area contributed by atoms with Crippen molar-refractivity contribution in [2.24, 2.45) is 0 Å². The third-order valence-electron chi connectivity index (χ3n) is 4.48. The molecule has 2 atom stereocenters. The highest BCUT2D eigenvalue weighted by molar-refractivity contribution is 6.21. The molecule has 0 saturated heterocycles. The minimum atomic E-state index is -0.418. The number of carbonyl (C=O) groups excluding carboxylic acids is 2. The van der Waals surface area contributed by atoms with Gasteiger partial charge in [-0.1, -0.05) is 44.9 Å². The van der Waals surface area contributed by atoms with Gasteiger partial charge in [0.1, 0.15) is 12.2 Å². The molecule has 1 heterocycles. The Morgan fingerprint density at radius 2 is 1.54 bits per heavy atom. The number of amides is 2. The van der Waals surface area contributed by atoms with Gasteiger partial charge in [-0.2, -0.15) is 0 Å². The topological polar surface area (TPSA) is 55.8 Å². The number of imide groups is 1. The second-order valence-electron chi connectivity index (χ2n) is 6.45. The summed E-state index contributed by atoms with van der Waals surface area (Å²) in [6, 6.07) is 6.91. The van der Waals surface area contributed by atoms with Crippen molar-refractivity contribution in [2.75, 3.05) is 19.8 Å². The number of nitrogens with zero attached hydrogens (tertiary/aromatic N) is 1. The number of unbranched alkanes of at least 4 members (excludes halogenated alkanes) is 2. The number of carbonyl (C=O) groups is 2. The zero-order chi connectivity index (χ0) is 18.9. The van der Waals surface area contributed by atoms with Crippen molar-refractivity contribution in [3.63, 3.8) is 0 Å². The van der Waals surface area contributed by atoms with E-state index in [1.54, 1.807) is 30.3 Å². The Hall–Kier alpha value is -1.98. The number of hydrogen-bond donors (Lipinski definition) is 0. The second-order valence-corrected chi connectivity index (χ2v) is 6.45. The summed E-state index contributed by atoms with van der Waals surface area (Å²) in [7, 11) is 0. The first-order chi connectivity index (χ1) is 12.6. The summed E-state index contributed by atoms with van der Waals surface area (Å²) in [6.07, 6.45) is 4.82. The Balaban J connectivity index is 2.11. The van der Waals surface area contributed by atoms with E-state index in [1.165, 1.54) is 4.90 Å². The van der Waals surface area contributed by atoms with Crippen molar-refractivity contribution < 1.29 is 19.1 Å². The van der Waals surface area contributed by atoms with Crippen molar-refractivity contribution in [3.8, 4) is 0 Å². The van der Waals surface area contributed by atoms with Gasteiger partial charge in [0.15, 0.2) is 0 Å². The van der Waals surface area contributed by atoms with Gasteiger partial charge in [-0.3, -0.25) is 14.5 Å².